The number of anilines is 1. The van der Waals surface area contributed by atoms with Crippen LogP contribution in [0.25, 0.3) is 10.4 Å². The first-order valence-electron chi connectivity index (χ1n) is 8.05. The number of benzene rings is 2. The first kappa shape index (κ1) is 17.5. The van der Waals surface area contributed by atoms with Gasteiger partial charge in [0, 0.05) is 11.8 Å². The fourth-order valence-electron chi connectivity index (χ4n) is 2.93. The molecular weight excluding hydrogens is 377 g/mol. The van der Waals surface area contributed by atoms with E-state index in [0.717, 1.165) is 5.56 Å². The summed E-state index contributed by atoms with van der Waals surface area (Å²) in [4.78, 5) is 17.0. The summed E-state index contributed by atoms with van der Waals surface area (Å²) in [5, 5.41) is 2.83. The van der Waals surface area contributed by atoms with Crippen LogP contribution in [-0.2, 0) is 6.42 Å². The van der Waals surface area contributed by atoms with Gasteiger partial charge in [0.1, 0.15) is 11.6 Å². The Kier molecular flexibility index (Phi) is 4.15. The molecule has 0 radical (unpaired) electrons. The van der Waals surface area contributed by atoms with Crippen LogP contribution in [0, 0.1) is 12.7 Å². The van der Waals surface area contributed by atoms with Crippen LogP contribution in [0.15, 0.2) is 42.6 Å². The Morgan fingerprint density at radius 2 is 2.07 bits per heavy atom. The lowest BCUT2D eigenvalue weighted by atomic mass is 10.0. The van der Waals surface area contributed by atoms with Gasteiger partial charge in [0.05, 0.1) is 16.9 Å². The molecular formula is C19H13F3N2O2S. The lowest BCUT2D eigenvalue weighted by molar-refractivity contribution is -0.159. The molecule has 1 aliphatic heterocycles. The fourth-order valence-corrected chi connectivity index (χ4v) is 3.82. The zero-order chi connectivity index (χ0) is 19.2. The zero-order valence-corrected chi connectivity index (χ0v) is 14.9. The summed E-state index contributed by atoms with van der Waals surface area (Å²) in [6.45, 7) is 1.81. The van der Waals surface area contributed by atoms with Gasteiger partial charge in [-0.2, -0.15) is 8.78 Å². The number of aromatic nitrogens is 1. The van der Waals surface area contributed by atoms with E-state index in [2.05, 4.69) is 10.3 Å². The van der Waals surface area contributed by atoms with Gasteiger partial charge in [0.25, 0.3) is 5.91 Å². The van der Waals surface area contributed by atoms with Crippen LogP contribution in [0.1, 0.15) is 21.5 Å². The topological polar surface area (TPSA) is 51.2 Å². The number of carbonyl (C=O) groups is 1. The van der Waals surface area contributed by atoms with Crippen molar-refractivity contribution in [1.82, 2.24) is 4.98 Å². The molecule has 1 aliphatic rings. The van der Waals surface area contributed by atoms with Crippen molar-refractivity contribution in [2.45, 2.75) is 19.5 Å². The third kappa shape index (κ3) is 3.40. The molecule has 8 heteroatoms. The molecule has 0 fully saturated rings. The summed E-state index contributed by atoms with van der Waals surface area (Å²) in [5.74, 6) is -1.09. The number of carbonyl (C=O) groups excluding carboxylic acids is 1. The maximum Gasteiger partial charge on any atom is 0.402 e. The summed E-state index contributed by atoms with van der Waals surface area (Å²) in [5.41, 5.74) is 1.86. The molecule has 2 aromatic carbocycles. The minimum Gasteiger partial charge on any atom is -0.432 e. The maximum atomic E-state index is 13.7. The summed E-state index contributed by atoms with van der Waals surface area (Å²) >= 11 is 1.17. The lowest BCUT2D eigenvalue weighted by Gasteiger charge is -2.08. The first-order valence-corrected chi connectivity index (χ1v) is 8.86. The molecule has 0 saturated carbocycles. The van der Waals surface area contributed by atoms with Crippen molar-refractivity contribution < 1.29 is 22.7 Å². The Bertz CT molecular complexity index is 1050. The van der Waals surface area contributed by atoms with Crippen LogP contribution >= 0.6 is 11.3 Å². The van der Waals surface area contributed by atoms with Crippen molar-refractivity contribution in [2.75, 3.05) is 5.32 Å². The van der Waals surface area contributed by atoms with Gasteiger partial charge in [0.2, 0.25) is 0 Å². The van der Waals surface area contributed by atoms with E-state index in [1.165, 1.54) is 35.7 Å². The number of hydrogen-bond donors (Lipinski definition) is 1. The number of thiazole rings is 1. The standard InChI is InChI=1S/C19H13F3N2O2S/c1-10-6-11-8-19(21,22)26-15(11)7-13(10)16-9-23-18(27-16)24-17(25)12-4-2-3-5-14(12)20/h2-7,9H,8H2,1H3,(H,23,24,25). The Morgan fingerprint density at radius 1 is 1.30 bits per heavy atom. The molecule has 0 unspecified atom stereocenters. The van der Waals surface area contributed by atoms with E-state index >= 15 is 0 Å². The Labute approximate surface area is 156 Å². The number of alkyl halides is 2. The fraction of sp³-hybridized carbons (Fsp3) is 0.158. The highest BCUT2D eigenvalue weighted by molar-refractivity contribution is 7.19. The summed E-state index contributed by atoms with van der Waals surface area (Å²) in [6, 6.07) is 8.86. The van der Waals surface area contributed by atoms with Crippen LogP contribution in [0.5, 0.6) is 5.75 Å². The normalized spacial score (nSPS) is 14.5. The quantitative estimate of drug-likeness (QED) is 0.682. The van der Waals surface area contributed by atoms with E-state index < -0.39 is 24.3 Å². The number of amides is 1. The number of rotatable bonds is 3. The monoisotopic (exact) mass is 390 g/mol. The van der Waals surface area contributed by atoms with Crippen molar-refractivity contribution in [3.05, 3.63) is 65.1 Å². The molecule has 1 aromatic heterocycles. The predicted molar refractivity (Wildman–Crippen MR) is 95.9 cm³/mol. The third-order valence-electron chi connectivity index (χ3n) is 4.17. The van der Waals surface area contributed by atoms with E-state index in [-0.39, 0.29) is 16.4 Å². The average molecular weight is 390 g/mol. The molecule has 0 atom stereocenters. The van der Waals surface area contributed by atoms with Gasteiger partial charge >= 0.3 is 6.11 Å². The number of hydrogen-bond acceptors (Lipinski definition) is 4. The van der Waals surface area contributed by atoms with E-state index in [1.807, 2.05) is 6.92 Å². The number of ether oxygens (including phenoxy) is 1. The number of nitrogens with zero attached hydrogens (tertiary/aromatic N) is 1. The van der Waals surface area contributed by atoms with Gasteiger partial charge in [-0.3, -0.25) is 10.1 Å². The van der Waals surface area contributed by atoms with Crippen molar-refractivity contribution in [2.24, 2.45) is 0 Å². The van der Waals surface area contributed by atoms with Gasteiger partial charge in [-0.05, 0) is 36.2 Å². The maximum absolute atomic E-state index is 13.7. The molecule has 3 aromatic rings. The molecule has 0 spiro atoms. The predicted octanol–water partition coefficient (Wildman–Crippen LogP) is 5.04. The molecule has 27 heavy (non-hydrogen) atoms. The van der Waals surface area contributed by atoms with Crippen molar-refractivity contribution in [1.29, 1.82) is 0 Å². The minimum absolute atomic E-state index is 0.0846. The van der Waals surface area contributed by atoms with E-state index in [4.69, 9.17) is 4.74 Å². The van der Waals surface area contributed by atoms with Gasteiger partial charge in [0.15, 0.2) is 5.13 Å². The smallest absolute Gasteiger partial charge is 0.402 e. The highest BCUT2D eigenvalue weighted by atomic mass is 32.1. The number of aryl methyl sites for hydroxylation is 1. The van der Waals surface area contributed by atoms with Crippen LogP contribution in [-0.4, -0.2) is 17.0 Å². The van der Waals surface area contributed by atoms with Crippen LogP contribution in [0.3, 0.4) is 0 Å². The van der Waals surface area contributed by atoms with E-state index in [0.29, 0.717) is 16.0 Å². The SMILES string of the molecule is Cc1cc2c(cc1-c1cnc(NC(=O)c3ccccc3F)s1)OC(F)(F)C2. The summed E-state index contributed by atoms with van der Waals surface area (Å²) in [6.07, 6.45) is -2.11. The number of nitrogens with one attached hydrogen (secondary N) is 1. The highest BCUT2D eigenvalue weighted by Crippen LogP contribution is 2.42. The van der Waals surface area contributed by atoms with Gasteiger partial charge in [-0.15, -0.1) is 0 Å². The van der Waals surface area contributed by atoms with E-state index in [9.17, 15) is 18.0 Å². The Balaban J connectivity index is 1.59. The minimum atomic E-state index is -3.19. The molecule has 4 rings (SSSR count). The molecule has 138 valence electrons. The van der Waals surface area contributed by atoms with Gasteiger partial charge in [-0.25, -0.2) is 9.37 Å². The first-order chi connectivity index (χ1) is 12.8. The van der Waals surface area contributed by atoms with Crippen LogP contribution in [0.4, 0.5) is 18.3 Å². The van der Waals surface area contributed by atoms with Crippen LogP contribution < -0.4 is 10.1 Å². The number of fused-ring (bicyclic) bond motifs is 1. The van der Waals surface area contributed by atoms with Gasteiger partial charge in [-0.1, -0.05) is 29.5 Å². The Hall–Kier alpha value is -2.87. The Morgan fingerprint density at radius 3 is 2.85 bits per heavy atom. The second kappa shape index (κ2) is 6.38. The molecule has 1 N–H and O–H groups in total. The molecule has 0 aliphatic carbocycles. The largest absolute Gasteiger partial charge is 0.432 e. The van der Waals surface area contributed by atoms with Gasteiger partial charge < -0.3 is 4.74 Å². The van der Waals surface area contributed by atoms with Crippen molar-refractivity contribution in [3.8, 4) is 16.2 Å². The zero-order valence-electron chi connectivity index (χ0n) is 14.1. The molecule has 1 amide bonds. The average Bonchev–Trinajstić information content (AvgIpc) is 3.16. The van der Waals surface area contributed by atoms with Crippen LogP contribution in [0.2, 0.25) is 0 Å². The van der Waals surface area contributed by atoms with Crippen molar-refractivity contribution in [3.63, 3.8) is 0 Å². The summed E-state index contributed by atoms with van der Waals surface area (Å²) in [7, 11) is 0. The second-order valence-electron chi connectivity index (χ2n) is 6.15. The van der Waals surface area contributed by atoms with E-state index in [1.54, 1.807) is 18.2 Å². The molecule has 4 nitrogen and oxygen atoms in total. The molecule has 2 heterocycles. The molecule has 0 bridgehead atoms. The summed E-state index contributed by atoms with van der Waals surface area (Å²) < 4.78 is 45.3. The highest BCUT2D eigenvalue weighted by Gasteiger charge is 2.40. The lowest BCUT2D eigenvalue weighted by Crippen LogP contribution is -2.20. The molecule has 0 saturated heterocycles. The third-order valence-corrected chi connectivity index (χ3v) is 5.12. The second-order valence-corrected chi connectivity index (χ2v) is 7.19. The number of halogens is 3. The van der Waals surface area contributed by atoms with Crippen molar-refractivity contribution >= 4 is 22.4 Å².